The predicted molar refractivity (Wildman–Crippen MR) is 63.7 cm³/mol. The zero-order valence-electron chi connectivity index (χ0n) is 10.5. The van der Waals surface area contributed by atoms with E-state index in [2.05, 4.69) is 26.2 Å². The third kappa shape index (κ3) is 1.32. The van der Waals surface area contributed by atoms with Gasteiger partial charge in [0.1, 0.15) is 0 Å². The van der Waals surface area contributed by atoms with E-state index in [0.29, 0.717) is 11.0 Å². The van der Waals surface area contributed by atoms with Crippen LogP contribution in [0.5, 0.6) is 0 Å². The van der Waals surface area contributed by atoms with E-state index >= 15 is 0 Å². The van der Waals surface area contributed by atoms with Crippen molar-refractivity contribution in [1.82, 2.24) is 5.32 Å². The van der Waals surface area contributed by atoms with Crippen LogP contribution in [0.1, 0.15) is 52.4 Å². The Bertz CT molecular complexity index is 231. The molecule has 0 spiro atoms. The summed E-state index contributed by atoms with van der Waals surface area (Å²) in [6.07, 6.45) is 9.18. The molecule has 0 heterocycles. The summed E-state index contributed by atoms with van der Waals surface area (Å²) < 4.78 is 0. The molecule has 4 rings (SSSR count). The van der Waals surface area contributed by atoms with Crippen molar-refractivity contribution in [2.75, 3.05) is 7.05 Å². The van der Waals surface area contributed by atoms with E-state index in [9.17, 15) is 0 Å². The van der Waals surface area contributed by atoms with Crippen molar-refractivity contribution in [1.29, 1.82) is 0 Å². The zero-order valence-corrected chi connectivity index (χ0v) is 10.5. The van der Waals surface area contributed by atoms with Gasteiger partial charge in [-0.15, -0.1) is 0 Å². The molecule has 0 atom stereocenters. The van der Waals surface area contributed by atoms with E-state index < -0.39 is 0 Å². The molecular formula is C14H25N. The predicted octanol–water partition coefficient (Wildman–Crippen LogP) is 3.20. The minimum Gasteiger partial charge on any atom is -0.314 e. The average Bonchev–Trinajstić information content (AvgIpc) is 2.15. The topological polar surface area (TPSA) is 12.0 Å². The van der Waals surface area contributed by atoms with Crippen LogP contribution in [0.15, 0.2) is 0 Å². The fourth-order valence-corrected chi connectivity index (χ4v) is 5.14. The molecule has 0 saturated heterocycles. The Morgan fingerprint density at radius 3 is 1.67 bits per heavy atom. The highest BCUT2D eigenvalue weighted by molar-refractivity contribution is 5.09. The van der Waals surface area contributed by atoms with Crippen LogP contribution in [0.25, 0.3) is 0 Å². The van der Waals surface area contributed by atoms with Crippen molar-refractivity contribution in [2.45, 2.75) is 57.9 Å². The molecule has 4 fully saturated rings. The van der Waals surface area contributed by atoms with Crippen LogP contribution in [0, 0.1) is 23.2 Å². The lowest BCUT2D eigenvalue weighted by Crippen LogP contribution is -2.60. The lowest BCUT2D eigenvalue weighted by atomic mass is 9.45. The Labute approximate surface area is 94.0 Å². The quantitative estimate of drug-likeness (QED) is 0.733. The molecule has 0 unspecified atom stereocenters. The second-order valence-corrected chi connectivity index (χ2v) is 7.07. The van der Waals surface area contributed by atoms with E-state index in [-0.39, 0.29) is 0 Å². The average molecular weight is 207 g/mol. The maximum atomic E-state index is 3.60. The lowest BCUT2D eigenvalue weighted by molar-refractivity contribution is -0.0965. The van der Waals surface area contributed by atoms with Gasteiger partial charge in [-0.05, 0) is 82.6 Å². The van der Waals surface area contributed by atoms with Crippen molar-refractivity contribution >= 4 is 0 Å². The molecule has 4 saturated carbocycles. The van der Waals surface area contributed by atoms with Crippen LogP contribution in [0.4, 0.5) is 0 Å². The van der Waals surface area contributed by atoms with Gasteiger partial charge in [0.25, 0.3) is 0 Å². The Morgan fingerprint density at radius 2 is 1.33 bits per heavy atom. The molecular weight excluding hydrogens is 182 g/mol. The highest BCUT2D eigenvalue weighted by Crippen LogP contribution is 2.63. The minimum absolute atomic E-state index is 0.350. The number of nitrogens with one attached hydrogen (secondary N) is 1. The summed E-state index contributed by atoms with van der Waals surface area (Å²) >= 11 is 0. The molecule has 1 N–H and O–H groups in total. The fraction of sp³-hybridized carbons (Fsp3) is 1.00. The Kier molecular flexibility index (Phi) is 2.03. The number of hydrogen-bond donors (Lipinski definition) is 1. The second kappa shape index (κ2) is 3.00. The SMILES string of the molecule is CNC(C)(C)C12CC3CC(CC(C3)C1)C2. The van der Waals surface area contributed by atoms with Gasteiger partial charge in [0, 0.05) is 5.54 Å². The monoisotopic (exact) mass is 207 g/mol. The lowest BCUT2D eigenvalue weighted by Gasteiger charge is -2.62. The van der Waals surface area contributed by atoms with Crippen molar-refractivity contribution in [3.8, 4) is 0 Å². The van der Waals surface area contributed by atoms with E-state index in [4.69, 9.17) is 0 Å². The number of rotatable bonds is 2. The van der Waals surface area contributed by atoms with Crippen molar-refractivity contribution in [3.05, 3.63) is 0 Å². The van der Waals surface area contributed by atoms with Gasteiger partial charge in [-0.3, -0.25) is 0 Å². The highest BCUT2D eigenvalue weighted by atomic mass is 15.0. The third-order valence-electron chi connectivity index (χ3n) is 5.99. The molecule has 15 heavy (non-hydrogen) atoms. The van der Waals surface area contributed by atoms with Gasteiger partial charge in [0.2, 0.25) is 0 Å². The van der Waals surface area contributed by atoms with Crippen LogP contribution in [-0.2, 0) is 0 Å². The molecule has 0 aliphatic heterocycles. The summed E-state index contributed by atoms with van der Waals surface area (Å²) in [6.45, 7) is 4.86. The van der Waals surface area contributed by atoms with Gasteiger partial charge >= 0.3 is 0 Å². The third-order valence-corrected chi connectivity index (χ3v) is 5.99. The van der Waals surface area contributed by atoms with Crippen LogP contribution in [-0.4, -0.2) is 12.6 Å². The summed E-state index contributed by atoms with van der Waals surface area (Å²) in [4.78, 5) is 0. The molecule has 86 valence electrons. The first kappa shape index (κ1) is 10.1. The standard InChI is InChI=1S/C14H25N/c1-13(2,15-3)14-7-10-4-11(8-14)6-12(5-10)9-14/h10-12,15H,4-9H2,1-3H3. The van der Waals surface area contributed by atoms with E-state index in [1.807, 2.05) is 0 Å². The van der Waals surface area contributed by atoms with Crippen molar-refractivity contribution in [2.24, 2.45) is 23.2 Å². The van der Waals surface area contributed by atoms with Crippen LogP contribution >= 0.6 is 0 Å². The first-order valence-corrected chi connectivity index (χ1v) is 6.73. The van der Waals surface area contributed by atoms with Crippen LogP contribution in [0.2, 0.25) is 0 Å². The van der Waals surface area contributed by atoms with Gasteiger partial charge in [-0.25, -0.2) is 0 Å². The summed E-state index contributed by atoms with van der Waals surface area (Å²) in [6, 6.07) is 0. The maximum Gasteiger partial charge on any atom is 0.0178 e. The molecule has 0 aromatic rings. The minimum atomic E-state index is 0.350. The van der Waals surface area contributed by atoms with Crippen LogP contribution < -0.4 is 5.32 Å². The Morgan fingerprint density at radius 1 is 0.933 bits per heavy atom. The summed E-state index contributed by atoms with van der Waals surface area (Å²) in [5.41, 5.74) is 0.986. The maximum absolute atomic E-state index is 3.60. The van der Waals surface area contributed by atoms with Crippen molar-refractivity contribution in [3.63, 3.8) is 0 Å². The summed E-state index contributed by atoms with van der Waals surface area (Å²) in [5.74, 6) is 3.22. The molecule has 0 amide bonds. The Balaban J connectivity index is 1.93. The Hall–Kier alpha value is -0.0400. The molecule has 4 aliphatic carbocycles. The second-order valence-electron chi connectivity index (χ2n) is 7.07. The van der Waals surface area contributed by atoms with Gasteiger partial charge in [-0.1, -0.05) is 0 Å². The molecule has 1 nitrogen and oxygen atoms in total. The van der Waals surface area contributed by atoms with Crippen molar-refractivity contribution < 1.29 is 0 Å². The first-order chi connectivity index (χ1) is 7.05. The summed E-state index contributed by atoms with van der Waals surface area (Å²) in [7, 11) is 2.15. The normalized spacial score (nSPS) is 48.6. The largest absolute Gasteiger partial charge is 0.314 e. The highest BCUT2D eigenvalue weighted by Gasteiger charge is 2.56. The zero-order chi connectivity index (χ0) is 10.7. The molecule has 0 aromatic carbocycles. The van der Waals surface area contributed by atoms with E-state index in [1.54, 1.807) is 19.3 Å². The molecule has 0 radical (unpaired) electrons. The van der Waals surface area contributed by atoms with Gasteiger partial charge in [-0.2, -0.15) is 0 Å². The van der Waals surface area contributed by atoms with Gasteiger partial charge in [0.05, 0.1) is 0 Å². The first-order valence-electron chi connectivity index (χ1n) is 6.73. The van der Waals surface area contributed by atoms with Crippen LogP contribution in [0.3, 0.4) is 0 Å². The molecule has 0 aromatic heterocycles. The van der Waals surface area contributed by atoms with Gasteiger partial charge in [0.15, 0.2) is 0 Å². The fourth-order valence-electron chi connectivity index (χ4n) is 5.14. The molecule has 1 heteroatoms. The van der Waals surface area contributed by atoms with E-state index in [0.717, 1.165) is 17.8 Å². The molecule has 4 bridgehead atoms. The number of hydrogen-bond acceptors (Lipinski definition) is 1. The van der Waals surface area contributed by atoms with Gasteiger partial charge < -0.3 is 5.32 Å². The smallest absolute Gasteiger partial charge is 0.0178 e. The van der Waals surface area contributed by atoms with E-state index in [1.165, 1.54) is 19.3 Å². The summed E-state index contributed by atoms with van der Waals surface area (Å²) in [5, 5.41) is 3.60. The molecule has 4 aliphatic rings.